The van der Waals surface area contributed by atoms with Gasteiger partial charge in [0.05, 0.1) is 0 Å². The van der Waals surface area contributed by atoms with E-state index in [1.165, 1.54) is 12.1 Å². The molecule has 0 atom stereocenters. The van der Waals surface area contributed by atoms with Crippen LogP contribution in [0.5, 0.6) is 0 Å². The van der Waals surface area contributed by atoms with Crippen LogP contribution < -0.4 is 10.6 Å². The fourth-order valence-electron chi connectivity index (χ4n) is 1.94. The number of rotatable bonds is 8. The quantitative estimate of drug-likeness (QED) is 0.349. The molecule has 0 saturated heterocycles. The minimum Gasteiger partial charge on any atom is -0.355 e. The van der Waals surface area contributed by atoms with Gasteiger partial charge in [-0.1, -0.05) is 12.1 Å². The van der Waals surface area contributed by atoms with Crippen LogP contribution in [0.4, 0.5) is 4.39 Å². The lowest BCUT2D eigenvalue weighted by Gasteiger charge is -2.24. The first kappa shape index (κ1) is 23.5. The molecule has 7 heteroatoms. The lowest BCUT2D eigenvalue weighted by atomic mass is 10.2. The number of aliphatic imine (C=N–C) groups is 1. The monoisotopic (exact) mass is 468 g/mol. The average Bonchev–Trinajstić information content (AvgIpc) is 2.53. The zero-order valence-electron chi connectivity index (χ0n) is 15.2. The molecule has 0 heterocycles. The summed E-state index contributed by atoms with van der Waals surface area (Å²) in [5.41, 5.74) is 1.11. The van der Waals surface area contributed by atoms with E-state index in [0.29, 0.717) is 0 Å². The molecule has 4 nitrogen and oxygen atoms in total. The van der Waals surface area contributed by atoms with Gasteiger partial charge in [-0.05, 0) is 44.8 Å². The third kappa shape index (κ3) is 9.68. The molecule has 0 aliphatic heterocycles. The molecular weight excluding hydrogens is 438 g/mol. The van der Waals surface area contributed by atoms with E-state index < -0.39 is 0 Å². The Kier molecular flexibility index (Phi) is 11.6. The standard InChI is InChI=1S/C17H29FN4S.HI/c1-17(2,23-5)13-21-16(19-3)20-10-11-22(4)12-14-6-8-15(18)9-7-14;/h6-9H,10-13H2,1-5H3,(H2,19,20,21);1H. The fourth-order valence-corrected chi connectivity index (χ4v) is 2.15. The molecule has 0 aromatic heterocycles. The Balaban J connectivity index is 0.00000529. The van der Waals surface area contributed by atoms with E-state index in [-0.39, 0.29) is 34.5 Å². The summed E-state index contributed by atoms with van der Waals surface area (Å²) < 4.78 is 13.1. The van der Waals surface area contributed by atoms with Crippen LogP contribution in [-0.2, 0) is 6.54 Å². The van der Waals surface area contributed by atoms with Crippen molar-refractivity contribution >= 4 is 41.7 Å². The van der Waals surface area contributed by atoms with Crippen molar-refractivity contribution in [3.8, 4) is 0 Å². The van der Waals surface area contributed by atoms with Crippen LogP contribution in [-0.4, -0.2) is 55.6 Å². The molecule has 0 bridgehead atoms. The first-order chi connectivity index (χ1) is 10.9. The highest BCUT2D eigenvalue weighted by Gasteiger charge is 2.15. The largest absolute Gasteiger partial charge is 0.355 e. The smallest absolute Gasteiger partial charge is 0.191 e. The highest BCUT2D eigenvalue weighted by molar-refractivity contribution is 14.0. The van der Waals surface area contributed by atoms with Gasteiger partial charge in [0.1, 0.15) is 5.82 Å². The number of hydrogen-bond donors (Lipinski definition) is 2. The first-order valence-electron chi connectivity index (χ1n) is 7.79. The Bertz CT molecular complexity index is 494. The van der Waals surface area contributed by atoms with Crippen molar-refractivity contribution < 1.29 is 4.39 Å². The summed E-state index contributed by atoms with van der Waals surface area (Å²) >= 11 is 1.83. The minimum atomic E-state index is -0.193. The zero-order chi connectivity index (χ0) is 17.3. The van der Waals surface area contributed by atoms with E-state index >= 15 is 0 Å². The Hall–Kier alpha value is -0.540. The van der Waals surface area contributed by atoms with Crippen molar-refractivity contribution in [1.29, 1.82) is 0 Å². The number of nitrogens with one attached hydrogen (secondary N) is 2. The van der Waals surface area contributed by atoms with Gasteiger partial charge in [0, 0.05) is 38.0 Å². The van der Waals surface area contributed by atoms with E-state index in [4.69, 9.17) is 0 Å². The molecule has 0 fully saturated rings. The van der Waals surface area contributed by atoms with E-state index in [2.05, 4.69) is 47.7 Å². The maximum atomic E-state index is 12.9. The Labute approximate surface area is 167 Å². The topological polar surface area (TPSA) is 39.7 Å². The van der Waals surface area contributed by atoms with Gasteiger partial charge in [-0.15, -0.1) is 24.0 Å². The number of halogens is 2. The summed E-state index contributed by atoms with van der Waals surface area (Å²) in [5.74, 6) is 0.628. The summed E-state index contributed by atoms with van der Waals surface area (Å²) in [6.45, 7) is 7.75. The predicted molar refractivity (Wildman–Crippen MR) is 115 cm³/mol. The molecule has 0 saturated carbocycles. The SMILES string of the molecule is CN=C(NCCN(C)Cc1ccc(F)cc1)NCC(C)(C)SC.I. The van der Waals surface area contributed by atoms with Crippen LogP contribution in [0.2, 0.25) is 0 Å². The number of likely N-dealkylation sites (N-methyl/N-ethyl adjacent to an activating group) is 1. The van der Waals surface area contributed by atoms with Crippen LogP contribution in [0.15, 0.2) is 29.3 Å². The van der Waals surface area contributed by atoms with Crippen LogP contribution in [0.1, 0.15) is 19.4 Å². The third-order valence-electron chi connectivity index (χ3n) is 3.61. The molecule has 0 spiro atoms. The van der Waals surface area contributed by atoms with Gasteiger partial charge in [-0.25, -0.2) is 4.39 Å². The maximum absolute atomic E-state index is 12.9. The van der Waals surface area contributed by atoms with Gasteiger partial charge in [0.2, 0.25) is 0 Å². The summed E-state index contributed by atoms with van der Waals surface area (Å²) in [6, 6.07) is 6.65. The van der Waals surface area contributed by atoms with Crippen LogP contribution in [0.3, 0.4) is 0 Å². The summed E-state index contributed by atoms with van der Waals surface area (Å²) in [4.78, 5) is 6.43. The van der Waals surface area contributed by atoms with Gasteiger partial charge < -0.3 is 15.5 Å². The van der Waals surface area contributed by atoms with Crippen molar-refractivity contribution in [2.24, 2.45) is 4.99 Å². The fraction of sp³-hybridized carbons (Fsp3) is 0.588. The normalized spacial score (nSPS) is 12.0. The first-order valence-corrected chi connectivity index (χ1v) is 9.01. The molecule has 24 heavy (non-hydrogen) atoms. The molecule has 1 aromatic rings. The van der Waals surface area contributed by atoms with Crippen molar-refractivity contribution in [3.05, 3.63) is 35.6 Å². The number of hydrogen-bond acceptors (Lipinski definition) is 3. The lowest BCUT2D eigenvalue weighted by molar-refractivity contribution is 0.331. The van der Waals surface area contributed by atoms with Crippen molar-refractivity contribution in [2.45, 2.75) is 25.1 Å². The molecule has 138 valence electrons. The van der Waals surface area contributed by atoms with Crippen molar-refractivity contribution in [2.75, 3.05) is 40.0 Å². The second kappa shape index (κ2) is 11.9. The highest BCUT2D eigenvalue weighted by Crippen LogP contribution is 2.19. The van der Waals surface area contributed by atoms with E-state index in [1.54, 1.807) is 7.05 Å². The second-order valence-corrected chi connectivity index (χ2v) is 7.69. The molecule has 1 rings (SSSR count). The van der Waals surface area contributed by atoms with Gasteiger partial charge in [-0.3, -0.25) is 4.99 Å². The Morgan fingerprint density at radius 3 is 2.42 bits per heavy atom. The van der Waals surface area contributed by atoms with E-state index in [0.717, 1.165) is 37.7 Å². The van der Waals surface area contributed by atoms with Gasteiger partial charge >= 0.3 is 0 Å². The molecule has 0 aliphatic carbocycles. The molecule has 1 aromatic carbocycles. The Morgan fingerprint density at radius 2 is 1.88 bits per heavy atom. The third-order valence-corrected chi connectivity index (χ3v) is 4.86. The number of guanidine groups is 1. The highest BCUT2D eigenvalue weighted by atomic mass is 127. The van der Waals surface area contributed by atoms with Crippen LogP contribution in [0.25, 0.3) is 0 Å². The summed E-state index contributed by atoms with van der Waals surface area (Å²) in [7, 11) is 3.84. The van der Waals surface area contributed by atoms with Gasteiger partial charge in [0.15, 0.2) is 5.96 Å². The summed E-state index contributed by atoms with van der Waals surface area (Å²) in [5, 5.41) is 6.67. The minimum absolute atomic E-state index is 0. The molecule has 2 N–H and O–H groups in total. The predicted octanol–water partition coefficient (Wildman–Crippen LogP) is 3.18. The van der Waals surface area contributed by atoms with E-state index in [9.17, 15) is 4.39 Å². The van der Waals surface area contributed by atoms with Gasteiger partial charge in [0.25, 0.3) is 0 Å². The van der Waals surface area contributed by atoms with Crippen molar-refractivity contribution in [1.82, 2.24) is 15.5 Å². The molecular formula is C17H30FIN4S. The van der Waals surface area contributed by atoms with Crippen molar-refractivity contribution in [3.63, 3.8) is 0 Å². The van der Waals surface area contributed by atoms with E-state index in [1.807, 2.05) is 23.9 Å². The van der Waals surface area contributed by atoms with Gasteiger partial charge in [-0.2, -0.15) is 11.8 Å². The lowest BCUT2D eigenvalue weighted by Crippen LogP contribution is -2.45. The molecule has 0 radical (unpaired) electrons. The number of thioether (sulfide) groups is 1. The zero-order valence-corrected chi connectivity index (χ0v) is 18.4. The second-order valence-electron chi connectivity index (χ2n) is 6.18. The number of benzene rings is 1. The molecule has 0 amide bonds. The van der Waals surface area contributed by atoms with Crippen LogP contribution in [0, 0.1) is 5.82 Å². The molecule has 0 aliphatic rings. The Morgan fingerprint density at radius 1 is 1.25 bits per heavy atom. The maximum Gasteiger partial charge on any atom is 0.191 e. The molecule has 0 unspecified atom stereocenters. The summed E-state index contributed by atoms with van der Waals surface area (Å²) in [6.07, 6.45) is 2.11. The van der Waals surface area contributed by atoms with Crippen LogP contribution >= 0.6 is 35.7 Å². The number of nitrogens with zero attached hydrogens (tertiary/aromatic N) is 2. The average molecular weight is 468 g/mol.